The second-order valence-corrected chi connectivity index (χ2v) is 6.41. The van der Waals surface area contributed by atoms with Gasteiger partial charge in [0.05, 0.1) is 5.71 Å². The lowest BCUT2D eigenvalue weighted by Crippen LogP contribution is -2.10. The van der Waals surface area contributed by atoms with E-state index in [1.54, 1.807) is 12.1 Å². The predicted octanol–water partition coefficient (Wildman–Crippen LogP) is 4.45. The maximum absolute atomic E-state index is 14.7. The lowest BCUT2D eigenvalue weighted by atomic mass is 10.0. The second-order valence-electron chi connectivity index (χ2n) is 6.41. The van der Waals surface area contributed by atoms with E-state index in [9.17, 15) is 4.39 Å². The molecule has 1 aliphatic rings. The minimum Gasteiger partial charge on any atom is -0.383 e. The van der Waals surface area contributed by atoms with Gasteiger partial charge in [-0.3, -0.25) is 5.41 Å². The molecule has 1 heterocycles. The van der Waals surface area contributed by atoms with Gasteiger partial charge in [-0.05, 0) is 42.5 Å². The maximum Gasteiger partial charge on any atom is 0.169 e. The number of halogens is 1. The zero-order chi connectivity index (χ0) is 18.1. The molecular weight excluding hydrogens is 327 g/mol. The van der Waals surface area contributed by atoms with Crippen LogP contribution in [-0.2, 0) is 12.8 Å². The number of fused-ring (bicyclic) bond motifs is 1. The molecular formula is C21H19FN4. The molecule has 0 saturated carbocycles. The summed E-state index contributed by atoms with van der Waals surface area (Å²) in [6, 6.07) is 16.4. The third-order valence-electron chi connectivity index (χ3n) is 4.74. The van der Waals surface area contributed by atoms with E-state index in [0.717, 1.165) is 24.9 Å². The molecule has 4 rings (SSSR count). The van der Waals surface area contributed by atoms with E-state index in [4.69, 9.17) is 11.1 Å². The van der Waals surface area contributed by atoms with Crippen LogP contribution < -0.4 is 11.1 Å². The minimum absolute atomic E-state index is 0.0902. The molecule has 26 heavy (non-hydrogen) atoms. The number of nitrogen functional groups attached to an aromatic ring is 1. The molecule has 0 unspecified atom stereocenters. The molecule has 130 valence electrons. The highest BCUT2D eigenvalue weighted by Crippen LogP contribution is 2.31. The molecule has 0 bridgehead atoms. The number of aryl methyl sites for hydroxylation is 1. The number of nitrogens with zero attached hydrogens (tertiary/aromatic N) is 1. The standard InChI is InChI=1S/C21H19FN4/c22-17-12-16(19(23)14-6-2-1-3-7-14)20(24)26-21(17)25-18-11-5-9-13-8-4-10-15(13)18/h1-3,5-7,9,11-12,23H,4,8,10H2,(H3,24,25,26). The van der Waals surface area contributed by atoms with Crippen LogP contribution in [0, 0.1) is 11.2 Å². The van der Waals surface area contributed by atoms with Crippen molar-refractivity contribution in [2.24, 2.45) is 0 Å². The molecule has 0 aliphatic heterocycles. The highest BCUT2D eigenvalue weighted by molar-refractivity contribution is 6.13. The minimum atomic E-state index is -0.523. The Bertz CT molecular complexity index is 983. The summed E-state index contributed by atoms with van der Waals surface area (Å²) in [6.45, 7) is 0. The van der Waals surface area contributed by atoms with Crippen LogP contribution in [0.2, 0.25) is 0 Å². The number of benzene rings is 2. The molecule has 1 aliphatic carbocycles. The van der Waals surface area contributed by atoms with Gasteiger partial charge in [0.15, 0.2) is 11.6 Å². The summed E-state index contributed by atoms with van der Waals surface area (Å²) in [5, 5.41) is 11.4. The third-order valence-corrected chi connectivity index (χ3v) is 4.74. The molecule has 0 atom stereocenters. The Kier molecular flexibility index (Phi) is 4.13. The smallest absolute Gasteiger partial charge is 0.169 e. The SMILES string of the molecule is N=C(c1ccccc1)c1cc(F)c(Nc2cccc3c2CCC3)nc1N. The van der Waals surface area contributed by atoms with Gasteiger partial charge < -0.3 is 11.1 Å². The molecule has 3 aromatic rings. The first-order valence-electron chi connectivity index (χ1n) is 8.61. The van der Waals surface area contributed by atoms with Gasteiger partial charge in [-0.2, -0.15) is 0 Å². The van der Waals surface area contributed by atoms with E-state index in [1.807, 2.05) is 30.3 Å². The van der Waals surface area contributed by atoms with Crippen LogP contribution in [0.15, 0.2) is 54.6 Å². The molecule has 4 N–H and O–H groups in total. The van der Waals surface area contributed by atoms with Crippen molar-refractivity contribution in [2.45, 2.75) is 19.3 Å². The zero-order valence-electron chi connectivity index (χ0n) is 14.2. The van der Waals surface area contributed by atoms with Crippen molar-refractivity contribution in [2.75, 3.05) is 11.1 Å². The van der Waals surface area contributed by atoms with Crippen molar-refractivity contribution in [3.8, 4) is 0 Å². The molecule has 0 amide bonds. The highest BCUT2D eigenvalue weighted by atomic mass is 19.1. The average molecular weight is 346 g/mol. The Morgan fingerprint density at radius 1 is 1.08 bits per heavy atom. The van der Waals surface area contributed by atoms with Gasteiger partial charge in [0.25, 0.3) is 0 Å². The number of nitrogens with one attached hydrogen (secondary N) is 2. The van der Waals surface area contributed by atoms with Gasteiger partial charge in [-0.1, -0.05) is 42.5 Å². The maximum atomic E-state index is 14.7. The molecule has 0 radical (unpaired) electrons. The molecule has 4 nitrogen and oxygen atoms in total. The van der Waals surface area contributed by atoms with E-state index >= 15 is 0 Å². The molecule has 2 aromatic carbocycles. The first-order valence-corrected chi connectivity index (χ1v) is 8.61. The number of nitrogens with two attached hydrogens (primary N) is 1. The van der Waals surface area contributed by atoms with Crippen molar-refractivity contribution in [1.82, 2.24) is 4.98 Å². The van der Waals surface area contributed by atoms with Gasteiger partial charge >= 0.3 is 0 Å². The van der Waals surface area contributed by atoms with Crippen molar-refractivity contribution >= 4 is 23.0 Å². The molecule has 0 spiro atoms. The highest BCUT2D eigenvalue weighted by Gasteiger charge is 2.18. The van der Waals surface area contributed by atoms with Crippen molar-refractivity contribution in [1.29, 1.82) is 5.41 Å². The predicted molar refractivity (Wildman–Crippen MR) is 103 cm³/mol. The Morgan fingerprint density at radius 3 is 2.69 bits per heavy atom. The van der Waals surface area contributed by atoms with E-state index in [2.05, 4.69) is 16.4 Å². The molecule has 0 fully saturated rings. The summed E-state index contributed by atoms with van der Waals surface area (Å²) in [5.74, 6) is -0.298. The summed E-state index contributed by atoms with van der Waals surface area (Å²) < 4.78 is 14.7. The van der Waals surface area contributed by atoms with Gasteiger partial charge in [-0.25, -0.2) is 9.37 Å². The number of anilines is 3. The van der Waals surface area contributed by atoms with Crippen LogP contribution in [0.25, 0.3) is 0 Å². The summed E-state index contributed by atoms with van der Waals surface area (Å²) in [4.78, 5) is 4.19. The summed E-state index contributed by atoms with van der Waals surface area (Å²) in [6.07, 6.45) is 3.14. The fourth-order valence-corrected chi connectivity index (χ4v) is 3.42. The Hall–Kier alpha value is -3.21. The number of rotatable bonds is 4. The van der Waals surface area contributed by atoms with Crippen LogP contribution in [0.1, 0.15) is 28.7 Å². The normalized spacial score (nSPS) is 12.7. The van der Waals surface area contributed by atoms with E-state index in [1.165, 1.54) is 17.2 Å². The van der Waals surface area contributed by atoms with Gasteiger partial charge in [0, 0.05) is 16.8 Å². The lowest BCUT2D eigenvalue weighted by Gasteiger charge is -2.14. The van der Waals surface area contributed by atoms with Crippen LogP contribution in [0.5, 0.6) is 0 Å². The quantitative estimate of drug-likeness (QED) is 0.611. The zero-order valence-corrected chi connectivity index (χ0v) is 14.2. The topological polar surface area (TPSA) is 74.8 Å². The summed E-state index contributed by atoms with van der Waals surface area (Å²) in [5.41, 5.74) is 10.5. The summed E-state index contributed by atoms with van der Waals surface area (Å²) >= 11 is 0. The molecule has 0 saturated heterocycles. The van der Waals surface area contributed by atoms with Crippen LogP contribution in [0.4, 0.5) is 21.7 Å². The largest absolute Gasteiger partial charge is 0.383 e. The van der Waals surface area contributed by atoms with Gasteiger partial charge in [0.2, 0.25) is 0 Å². The van der Waals surface area contributed by atoms with Crippen LogP contribution in [-0.4, -0.2) is 10.7 Å². The van der Waals surface area contributed by atoms with Crippen LogP contribution >= 0.6 is 0 Å². The number of aromatic nitrogens is 1. The fourth-order valence-electron chi connectivity index (χ4n) is 3.42. The van der Waals surface area contributed by atoms with Crippen molar-refractivity contribution < 1.29 is 4.39 Å². The number of hydrogen-bond acceptors (Lipinski definition) is 4. The number of hydrogen-bond donors (Lipinski definition) is 3. The van der Waals surface area contributed by atoms with Crippen LogP contribution in [0.3, 0.4) is 0 Å². The van der Waals surface area contributed by atoms with Crippen molar-refractivity contribution in [3.63, 3.8) is 0 Å². The third kappa shape index (κ3) is 2.92. The fraction of sp³-hybridized carbons (Fsp3) is 0.143. The average Bonchev–Trinajstić information content (AvgIpc) is 3.14. The van der Waals surface area contributed by atoms with E-state index < -0.39 is 5.82 Å². The first-order chi connectivity index (χ1) is 12.6. The monoisotopic (exact) mass is 346 g/mol. The molecule has 5 heteroatoms. The molecule has 1 aromatic heterocycles. The van der Waals surface area contributed by atoms with Gasteiger partial charge in [0.1, 0.15) is 5.82 Å². The van der Waals surface area contributed by atoms with Gasteiger partial charge in [-0.15, -0.1) is 0 Å². The van der Waals surface area contributed by atoms with E-state index in [-0.39, 0.29) is 22.9 Å². The summed E-state index contributed by atoms with van der Waals surface area (Å²) in [7, 11) is 0. The Balaban J connectivity index is 1.67. The first kappa shape index (κ1) is 16.3. The lowest BCUT2D eigenvalue weighted by molar-refractivity contribution is 0.626. The Morgan fingerprint density at radius 2 is 1.88 bits per heavy atom. The van der Waals surface area contributed by atoms with Crippen molar-refractivity contribution in [3.05, 3.63) is 82.7 Å². The number of pyridine rings is 1. The second kappa shape index (κ2) is 6.59. The van der Waals surface area contributed by atoms with E-state index in [0.29, 0.717) is 5.56 Å². The Labute approximate surface area is 151 Å².